The predicted octanol–water partition coefficient (Wildman–Crippen LogP) is 0.926. The summed E-state index contributed by atoms with van der Waals surface area (Å²) in [5.74, 6) is 0.470. The Morgan fingerprint density at radius 1 is 1.19 bits per heavy atom. The van der Waals surface area contributed by atoms with Gasteiger partial charge >= 0.3 is 0 Å². The van der Waals surface area contributed by atoms with Gasteiger partial charge in [-0.1, -0.05) is 19.9 Å². The highest BCUT2D eigenvalue weighted by molar-refractivity contribution is 7.89. The number of quaternary nitrogens is 1. The smallest absolute Gasteiger partial charge is 0.251 e. The molecule has 0 unspecified atom stereocenters. The molecule has 1 atom stereocenters. The van der Waals surface area contributed by atoms with Crippen molar-refractivity contribution in [3.8, 4) is 0 Å². The monoisotopic (exact) mass is 394 g/mol. The molecule has 27 heavy (non-hydrogen) atoms. The van der Waals surface area contributed by atoms with Gasteiger partial charge in [0.15, 0.2) is 11.8 Å². The van der Waals surface area contributed by atoms with E-state index in [-0.39, 0.29) is 16.8 Å². The number of hydrogen-bond acceptors (Lipinski definition) is 4. The van der Waals surface area contributed by atoms with Gasteiger partial charge in [-0.3, -0.25) is 4.79 Å². The largest absolute Gasteiger partial charge is 0.463 e. The third-order valence-corrected chi connectivity index (χ3v) is 6.54. The number of carbonyl (C=O) groups is 1. The lowest BCUT2D eigenvalue weighted by molar-refractivity contribution is -0.891. The van der Waals surface area contributed by atoms with Crippen LogP contribution in [-0.2, 0) is 10.0 Å². The van der Waals surface area contributed by atoms with E-state index in [9.17, 15) is 13.2 Å². The Morgan fingerprint density at radius 2 is 1.89 bits per heavy atom. The van der Waals surface area contributed by atoms with Crippen LogP contribution in [0.2, 0.25) is 0 Å². The summed E-state index contributed by atoms with van der Waals surface area (Å²) in [6, 6.07) is 9.79. The lowest BCUT2D eigenvalue weighted by atomic mass is 10.2. The van der Waals surface area contributed by atoms with Crippen LogP contribution in [0.3, 0.4) is 0 Å². The fraction of sp³-hybridized carbons (Fsp3) is 0.421. The van der Waals surface area contributed by atoms with Gasteiger partial charge in [-0.2, -0.15) is 4.31 Å². The van der Waals surface area contributed by atoms with E-state index in [1.165, 1.54) is 16.4 Å². The average molecular weight is 395 g/mol. The van der Waals surface area contributed by atoms with Crippen molar-refractivity contribution in [2.75, 3.05) is 33.7 Å². The van der Waals surface area contributed by atoms with Crippen molar-refractivity contribution in [1.82, 2.24) is 9.62 Å². The van der Waals surface area contributed by atoms with E-state index in [0.29, 0.717) is 25.2 Å². The number of rotatable bonds is 9. The molecular formula is C19H28N3O4S+. The number of hydrogen-bond donors (Lipinski definition) is 2. The van der Waals surface area contributed by atoms with E-state index in [0.717, 1.165) is 10.7 Å². The van der Waals surface area contributed by atoms with Gasteiger partial charge in [-0.15, -0.1) is 0 Å². The summed E-state index contributed by atoms with van der Waals surface area (Å²) in [6.45, 7) is 4.71. The maximum Gasteiger partial charge on any atom is 0.251 e. The van der Waals surface area contributed by atoms with Crippen molar-refractivity contribution in [1.29, 1.82) is 0 Å². The lowest BCUT2D eigenvalue weighted by Crippen LogP contribution is -3.07. The van der Waals surface area contributed by atoms with Gasteiger partial charge < -0.3 is 14.6 Å². The summed E-state index contributed by atoms with van der Waals surface area (Å²) in [4.78, 5) is 13.8. The molecule has 7 nitrogen and oxygen atoms in total. The maximum absolute atomic E-state index is 12.7. The minimum atomic E-state index is -3.60. The van der Waals surface area contributed by atoms with Crippen molar-refractivity contribution >= 4 is 15.9 Å². The molecule has 0 radical (unpaired) electrons. The molecule has 0 saturated heterocycles. The first kappa shape index (κ1) is 21.1. The molecule has 1 heterocycles. The highest BCUT2D eigenvalue weighted by Gasteiger charge is 2.24. The standard InChI is InChI=1S/C19H27N3O4S/c1-5-22(6-2)27(24,25)16-10-7-9-15(13-16)19(23)20-14-17(21(3)4)18-11-8-12-26-18/h7-13,17H,5-6,14H2,1-4H3,(H,20,23)/p+1/t17-/m0/s1. The van der Waals surface area contributed by atoms with E-state index in [1.54, 1.807) is 32.2 Å². The minimum Gasteiger partial charge on any atom is -0.463 e. The molecule has 8 heteroatoms. The Hall–Kier alpha value is -2.16. The molecule has 0 bridgehead atoms. The zero-order chi connectivity index (χ0) is 20.0. The number of sulfonamides is 1. The number of carbonyl (C=O) groups excluding carboxylic acids is 1. The first-order chi connectivity index (χ1) is 12.8. The molecule has 0 saturated carbocycles. The van der Waals surface area contributed by atoms with Crippen molar-refractivity contribution in [3.05, 3.63) is 54.0 Å². The molecular weight excluding hydrogens is 366 g/mol. The molecule has 1 aromatic heterocycles. The van der Waals surface area contributed by atoms with Gasteiger partial charge in [0, 0.05) is 18.7 Å². The van der Waals surface area contributed by atoms with E-state index in [2.05, 4.69) is 5.32 Å². The molecule has 0 aliphatic carbocycles. The summed E-state index contributed by atoms with van der Waals surface area (Å²) < 4.78 is 32.1. The maximum atomic E-state index is 12.7. The van der Waals surface area contributed by atoms with Crippen LogP contribution in [0.5, 0.6) is 0 Å². The molecule has 2 rings (SSSR count). The third kappa shape index (κ3) is 4.97. The van der Waals surface area contributed by atoms with E-state index < -0.39 is 10.0 Å². The zero-order valence-corrected chi connectivity index (χ0v) is 17.0. The summed E-state index contributed by atoms with van der Waals surface area (Å²) in [5.41, 5.74) is 0.315. The lowest BCUT2D eigenvalue weighted by Gasteiger charge is -2.20. The average Bonchev–Trinajstić information content (AvgIpc) is 3.16. The molecule has 148 valence electrons. The predicted molar refractivity (Wildman–Crippen MR) is 103 cm³/mol. The van der Waals surface area contributed by atoms with Gasteiger partial charge in [0.1, 0.15) is 0 Å². The van der Waals surface area contributed by atoms with Crippen LogP contribution in [0.25, 0.3) is 0 Å². The summed E-state index contributed by atoms with van der Waals surface area (Å²) in [7, 11) is 0.362. The number of amides is 1. The third-order valence-electron chi connectivity index (χ3n) is 4.49. The minimum absolute atomic E-state index is 0.0356. The first-order valence-electron chi connectivity index (χ1n) is 9.03. The molecule has 0 aliphatic rings. The van der Waals surface area contributed by atoms with E-state index in [4.69, 9.17) is 4.42 Å². The van der Waals surface area contributed by atoms with Crippen molar-refractivity contribution in [2.45, 2.75) is 24.8 Å². The number of benzene rings is 1. The van der Waals surface area contributed by atoms with Crippen LogP contribution in [-0.4, -0.2) is 52.4 Å². The number of likely N-dealkylation sites (N-methyl/N-ethyl adjacent to an activating group) is 1. The van der Waals surface area contributed by atoms with Crippen LogP contribution in [0.4, 0.5) is 0 Å². The Bertz CT molecular complexity index is 844. The second-order valence-corrected chi connectivity index (χ2v) is 8.41. The highest BCUT2D eigenvalue weighted by atomic mass is 32.2. The van der Waals surface area contributed by atoms with Crippen LogP contribution in [0.15, 0.2) is 52.0 Å². The molecule has 0 aliphatic heterocycles. The Labute approximate surface area is 161 Å². The normalized spacial score (nSPS) is 13.1. The Morgan fingerprint density at radius 3 is 2.44 bits per heavy atom. The number of furan rings is 1. The summed E-state index contributed by atoms with van der Waals surface area (Å²) >= 11 is 0. The molecule has 2 N–H and O–H groups in total. The number of nitrogens with one attached hydrogen (secondary N) is 2. The molecule has 0 spiro atoms. The quantitative estimate of drug-likeness (QED) is 0.663. The summed E-state index contributed by atoms with van der Waals surface area (Å²) in [5, 5.41) is 2.88. The topological polar surface area (TPSA) is 84.1 Å². The van der Waals surface area contributed by atoms with Crippen molar-refractivity contribution < 1.29 is 22.5 Å². The molecule has 0 fully saturated rings. The van der Waals surface area contributed by atoms with Crippen LogP contribution < -0.4 is 10.2 Å². The first-order valence-corrected chi connectivity index (χ1v) is 10.5. The zero-order valence-electron chi connectivity index (χ0n) is 16.2. The molecule has 2 aromatic rings. The van der Waals surface area contributed by atoms with Gasteiger partial charge in [-0.25, -0.2) is 8.42 Å². The second-order valence-electron chi connectivity index (χ2n) is 6.47. The Kier molecular flexibility index (Phi) is 7.18. The van der Waals surface area contributed by atoms with E-state index in [1.807, 2.05) is 26.2 Å². The van der Waals surface area contributed by atoms with Gasteiger partial charge in [0.25, 0.3) is 5.91 Å². The van der Waals surface area contributed by atoms with Crippen LogP contribution in [0.1, 0.15) is 36.0 Å². The SMILES string of the molecule is CCN(CC)S(=O)(=O)c1cccc(C(=O)NC[C@@H](c2ccco2)[NH+](C)C)c1. The van der Waals surface area contributed by atoms with Gasteiger partial charge in [0.05, 0.1) is 31.8 Å². The van der Waals surface area contributed by atoms with Gasteiger partial charge in [-0.05, 0) is 30.3 Å². The van der Waals surface area contributed by atoms with Crippen LogP contribution in [0, 0.1) is 0 Å². The molecule has 1 amide bonds. The number of nitrogens with zero attached hydrogens (tertiary/aromatic N) is 1. The fourth-order valence-electron chi connectivity index (χ4n) is 2.89. The fourth-order valence-corrected chi connectivity index (χ4v) is 4.39. The van der Waals surface area contributed by atoms with Crippen molar-refractivity contribution in [2.24, 2.45) is 0 Å². The Balaban J connectivity index is 2.15. The summed E-state index contributed by atoms with van der Waals surface area (Å²) in [6.07, 6.45) is 1.61. The van der Waals surface area contributed by atoms with E-state index >= 15 is 0 Å². The molecule has 1 aromatic carbocycles. The highest BCUT2D eigenvalue weighted by Crippen LogP contribution is 2.17. The second kappa shape index (κ2) is 9.16. The van der Waals surface area contributed by atoms with Gasteiger partial charge in [0.2, 0.25) is 10.0 Å². The van der Waals surface area contributed by atoms with Crippen molar-refractivity contribution in [3.63, 3.8) is 0 Å². The van der Waals surface area contributed by atoms with Crippen LogP contribution >= 0.6 is 0 Å².